The van der Waals surface area contributed by atoms with Gasteiger partial charge in [-0.2, -0.15) is 0 Å². The van der Waals surface area contributed by atoms with Crippen molar-refractivity contribution in [3.05, 3.63) is 35.6 Å². The van der Waals surface area contributed by atoms with Crippen molar-refractivity contribution < 1.29 is 9.18 Å². The molecule has 1 aliphatic rings. The van der Waals surface area contributed by atoms with Gasteiger partial charge in [0.05, 0.1) is 6.04 Å². The Balaban J connectivity index is 2.27. The quantitative estimate of drug-likeness (QED) is 0.698. The van der Waals surface area contributed by atoms with Crippen LogP contribution in [0, 0.1) is 5.82 Å². The molecule has 1 aliphatic heterocycles. The van der Waals surface area contributed by atoms with Gasteiger partial charge in [-0.05, 0) is 17.7 Å². The molecule has 4 heteroatoms. The van der Waals surface area contributed by atoms with Crippen molar-refractivity contribution in [2.45, 2.75) is 6.04 Å². The minimum absolute atomic E-state index is 0.289. The SMILES string of the molecule is O=C1N=CC(c2cccc(F)c2)N1. The summed E-state index contributed by atoms with van der Waals surface area (Å²) < 4.78 is 12.8. The fourth-order valence-electron chi connectivity index (χ4n) is 1.22. The van der Waals surface area contributed by atoms with Crippen LogP contribution in [0.25, 0.3) is 0 Å². The molecule has 1 aromatic rings. The molecule has 1 unspecified atom stereocenters. The molecular weight excluding hydrogens is 171 g/mol. The average molecular weight is 178 g/mol. The Bertz CT molecular complexity index is 376. The van der Waals surface area contributed by atoms with Crippen LogP contribution >= 0.6 is 0 Å². The van der Waals surface area contributed by atoms with Crippen LogP contribution in [-0.2, 0) is 0 Å². The average Bonchev–Trinajstić information content (AvgIpc) is 2.52. The summed E-state index contributed by atoms with van der Waals surface area (Å²) >= 11 is 0. The second-order valence-electron chi connectivity index (χ2n) is 2.76. The second-order valence-corrected chi connectivity index (χ2v) is 2.76. The van der Waals surface area contributed by atoms with Gasteiger partial charge in [0.25, 0.3) is 0 Å². The van der Waals surface area contributed by atoms with E-state index >= 15 is 0 Å². The Morgan fingerprint density at radius 1 is 1.46 bits per heavy atom. The molecule has 0 saturated heterocycles. The van der Waals surface area contributed by atoms with Crippen LogP contribution in [0.1, 0.15) is 11.6 Å². The van der Waals surface area contributed by atoms with E-state index in [9.17, 15) is 9.18 Å². The lowest BCUT2D eigenvalue weighted by atomic mass is 10.1. The Hall–Kier alpha value is -1.71. The van der Waals surface area contributed by atoms with E-state index in [4.69, 9.17) is 0 Å². The molecule has 0 fully saturated rings. The number of rotatable bonds is 1. The number of hydrogen-bond acceptors (Lipinski definition) is 1. The van der Waals surface area contributed by atoms with Gasteiger partial charge in [0.2, 0.25) is 0 Å². The molecule has 1 atom stereocenters. The van der Waals surface area contributed by atoms with Gasteiger partial charge in [0, 0.05) is 6.21 Å². The molecule has 0 radical (unpaired) electrons. The van der Waals surface area contributed by atoms with Crippen LogP contribution in [0.4, 0.5) is 9.18 Å². The van der Waals surface area contributed by atoms with Gasteiger partial charge in [-0.15, -0.1) is 0 Å². The predicted octanol–water partition coefficient (Wildman–Crippen LogP) is 1.66. The smallest absolute Gasteiger partial charge is 0.324 e. The molecular formula is C9H7FN2O. The molecule has 1 aromatic carbocycles. The van der Waals surface area contributed by atoms with Crippen molar-refractivity contribution in [2.75, 3.05) is 0 Å². The largest absolute Gasteiger partial charge is 0.341 e. The molecule has 0 saturated carbocycles. The minimum atomic E-state index is -0.380. The zero-order valence-electron chi connectivity index (χ0n) is 6.70. The number of hydrogen-bond donors (Lipinski definition) is 1. The molecule has 0 spiro atoms. The van der Waals surface area contributed by atoms with Crippen molar-refractivity contribution in [1.29, 1.82) is 0 Å². The lowest BCUT2D eigenvalue weighted by Crippen LogP contribution is -2.19. The van der Waals surface area contributed by atoms with Crippen LogP contribution in [0.3, 0.4) is 0 Å². The van der Waals surface area contributed by atoms with Crippen LogP contribution in [-0.4, -0.2) is 12.2 Å². The Kier molecular flexibility index (Phi) is 1.81. The van der Waals surface area contributed by atoms with Gasteiger partial charge in [-0.1, -0.05) is 12.1 Å². The molecule has 2 rings (SSSR count). The van der Waals surface area contributed by atoms with Crippen molar-refractivity contribution in [3.8, 4) is 0 Å². The number of amides is 2. The maximum atomic E-state index is 12.8. The summed E-state index contributed by atoms with van der Waals surface area (Å²) in [7, 11) is 0. The zero-order chi connectivity index (χ0) is 9.26. The first kappa shape index (κ1) is 7.91. The first-order valence-corrected chi connectivity index (χ1v) is 3.86. The highest BCUT2D eigenvalue weighted by Crippen LogP contribution is 2.15. The molecule has 0 bridgehead atoms. The van der Waals surface area contributed by atoms with E-state index in [1.807, 2.05) is 0 Å². The highest BCUT2D eigenvalue weighted by Gasteiger charge is 2.17. The first-order valence-electron chi connectivity index (χ1n) is 3.86. The normalized spacial score (nSPS) is 20.4. The Labute approximate surface area is 74.3 Å². The molecule has 1 heterocycles. The Morgan fingerprint density at radius 3 is 2.92 bits per heavy atom. The topological polar surface area (TPSA) is 41.5 Å². The van der Waals surface area contributed by atoms with E-state index in [1.165, 1.54) is 18.3 Å². The number of nitrogens with one attached hydrogen (secondary N) is 1. The van der Waals surface area contributed by atoms with Crippen LogP contribution in [0.2, 0.25) is 0 Å². The Morgan fingerprint density at radius 2 is 2.31 bits per heavy atom. The van der Waals surface area contributed by atoms with Gasteiger partial charge in [-0.25, -0.2) is 14.2 Å². The summed E-state index contributed by atoms with van der Waals surface area (Å²) in [5.41, 5.74) is 0.703. The molecule has 0 aliphatic carbocycles. The summed E-state index contributed by atoms with van der Waals surface area (Å²) in [6.07, 6.45) is 1.47. The predicted molar refractivity (Wildman–Crippen MR) is 46.2 cm³/mol. The van der Waals surface area contributed by atoms with Gasteiger partial charge < -0.3 is 5.32 Å². The maximum absolute atomic E-state index is 12.8. The van der Waals surface area contributed by atoms with Crippen LogP contribution in [0.5, 0.6) is 0 Å². The van der Waals surface area contributed by atoms with E-state index < -0.39 is 0 Å². The van der Waals surface area contributed by atoms with Crippen molar-refractivity contribution >= 4 is 12.2 Å². The molecule has 3 nitrogen and oxygen atoms in total. The summed E-state index contributed by atoms with van der Waals surface area (Å²) in [4.78, 5) is 14.2. The van der Waals surface area contributed by atoms with E-state index in [2.05, 4.69) is 10.3 Å². The third-order valence-corrected chi connectivity index (χ3v) is 1.83. The standard InChI is InChI=1S/C9H7FN2O/c10-7-3-1-2-6(4-7)8-5-11-9(13)12-8/h1-5,8H,(H,12,13). The van der Waals surface area contributed by atoms with Gasteiger partial charge in [0.1, 0.15) is 5.82 Å². The minimum Gasteiger partial charge on any atom is -0.324 e. The van der Waals surface area contributed by atoms with Gasteiger partial charge in [-0.3, -0.25) is 0 Å². The number of urea groups is 1. The highest BCUT2D eigenvalue weighted by atomic mass is 19.1. The molecule has 0 aromatic heterocycles. The van der Waals surface area contributed by atoms with E-state index in [1.54, 1.807) is 12.1 Å². The number of halogens is 1. The zero-order valence-corrected chi connectivity index (χ0v) is 6.70. The van der Waals surface area contributed by atoms with Crippen molar-refractivity contribution in [2.24, 2.45) is 4.99 Å². The molecule has 13 heavy (non-hydrogen) atoms. The van der Waals surface area contributed by atoms with E-state index in [0.29, 0.717) is 5.56 Å². The summed E-state index contributed by atoms with van der Waals surface area (Å²) in [6, 6.07) is 5.41. The van der Waals surface area contributed by atoms with Gasteiger partial charge in [0.15, 0.2) is 0 Å². The number of nitrogens with zero attached hydrogens (tertiary/aromatic N) is 1. The number of benzene rings is 1. The third kappa shape index (κ3) is 1.56. The fourth-order valence-corrected chi connectivity index (χ4v) is 1.22. The summed E-state index contributed by atoms with van der Waals surface area (Å²) in [5, 5.41) is 2.57. The van der Waals surface area contributed by atoms with Crippen molar-refractivity contribution in [3.63, 3.8) is 0 Å². The second kappa shape index (κ2) is 2.97. The lowest BCUT2D eigenvalue weighted by Gasteiger charge is -2.06. The highest BCUT2D eigenvalue weighted by molar-refractivity contribution is 5.93. The first-order chi connectivity index (χ1) is 6.25. The maximum Gasteiger partial charge on any atom is 0.341 e. The lowest BCUT2D eigenvalue weighted by molar-refractivity contribution is 0.250. The van der Waals surface area contributed by atoms with Crippen molar-refractivity contribution in [1.82, 2.24) is 5.32 Å². The fraction of sp³-hybridized carbons (Fsp3) is 0.111. The monoisotopic (exact) mass is 178 g/mol. The number of carbonyl (C=O) groups is 1. The van der Waals surface area contributed by atoms with E-state index in [-0.39, 0.29) is 17.9 Å². The summed E-state index contributed by atoms with van der Waals surface area (Å²) in [5.74, 6) is -0.313. The third-order valence-electron chi connectivity index (χ3n) is 1.83. The van der Waals surface area contributed by atoms with E-state index in [0.717, 1.165) is 0 Å². The molecule has 66 valence electrons. The summed E-state index contributed by atoms with van der Waals surface area (Å²) in [6.45, 7) is 0. The molecule has 2 amide bonds. The van der Waals surface area contributed by atoms with Crippen LogP contribution in [0.15, 0.2) is 29.3 Å². The molecule has 1 N–H and O–H groups in total. The van der Waals surface area contributed by atoms with Gasteiger partial charge >= 0.3 is 6.03 Å². The van der Waals surface area contributed by atoms with Crippen LogP contribution < -0.4 is 5.32 Å². The number of aliphatic imine (C=N–C) groups is 1. The number of carbonyl (C=O) groups excluding carboxylic acids is 1.